The van der Waals surface area contributed by atoms with Gasteiger partial charge in [-0.25, -0.2) is 0 Å². The van der Waals surface area contributed by atoms with Crippen molar-refractivity contribution < 1.29 is 17.9 Å². The lowest BCUT2D eigenvalue weighted by Crippen LogP contribution is -2.43. The maximum Gasteiger partial charge on any atom is 0.437 e. The topological polar surface area (TPSA) is 80.6 Å². The number of rotatable bonds is 4. The van der Waals surface area contributed by atoms with Gasteiger partial charge in [-0.15, -0.1) is 0 Å². The third kappa shape index (κ3) is 3.67. The molecule has 0 bridgehead atoms. The molecule has 156 valence electrons. The van der Waals surface area contributed by atoms with E-state index in [0.717, 1.165) is 11.6 Å². The highest BCUT2D eigenvalue weighted by molar-refractivity contribution is 5.67. The van der Waals surface area contributed by atoms with Crippen LogP contribution in [-0.2, 0) is 10.3 Å². The minimum atomic E-state index is -5.01. The molecular formula is C25H14F3N3O. The molecule has 1 atom stereocenters. The van der Waals surface area contributed by atoms with Crippen molar-refractivity contribution in [3.63, 3.8) is 0 Å². The first-order valence-electron chi connectivity index (χ1n) is 9.24. The number of nitriles is 3. The molecule has 0 spiro atoms. The summed E-state index contributed by atoms with van der Waals surface area (Å²) in [7, 11) is 0. The Morgan fingerprint density at radius 2 is 1.50 bits per heavy atom. The van der Waals surface area contributed by atoms with E-state index in [0.29, 0.717) is 5.56 Å². The summed E-state index contributed by atoms with van der Waals surface area (Å²) in [6, 6.07) is 18.4. The van der Waals surface area contributed by atoms with Gasteiger partial charge in [-0.3, -0.25) is 0 Å². The average Bonchev–Trinajstić information content (AvgIpc) is 3.14. The van der Waals surface area contributed by atoms with Crippen molar-refractivity contribution in [3.8, 4) is 18.2 Å². The molecule has 32 heavy (non-hydrogen) atoms. The number of benzene rings is 2. The van der Waals surface area contributed by atoms with Crippen LogP contribution in [0.15, 0.2) is 89.7 Å². The second kappa shape index (κ2) is 8.68. The van der Waals surface area contributed by atoms with Crippen LogP contribution in [0.4, 0.5) is 13.2 Å². The van der Waals surface area contributed by atoms with Crippen LogP contribution in [0.5, 0.6) is 0 Å². The summed E-state index contributed by atoms with van der Waals surface area (Å²) in [5.41, 5.74) is -3.70. The smallest absolute Gasteiger partial charge is 0.437 e. The van der Waals surface area contributed by atoms with Gasteiger partial charge in [0.15, 0.2) is 11.3 Å². The number of alkyl halides is 3. The first-order valence-corrected chi connectivity index (χ1v) is 9.24. The fourth-order valence-electron chi connectivity index (χ4n) is 3.36. The van der Waals surface area contributed by atoms with E-state index in [-0.39, 0.29) is 5.56 Å². The molecule has 2 aromatic rings. The second-order valence-corrected chi connectivity index (χ2v) is 6.68. The molecule has 1 aliphatic rings. The molecule has 2 aromatic carbocycles. The zero-order chi connectivity index (χ0) is 23.4. The normalized spacial score (nSPS) is 17.9. The summed E-state index contributed by atoms with van der Waals surface area (Å²) in [6.45, 7) is 3.65. The minimum absolute atomic E-state index is 0.285. The van der Waals surface area contributed by atoms with Crippen molar-refractivity contribution in [3.05, 3.63) is 106 Å². The van der Waals surface area contributed by atoms with Crippen LogP contribution < -0.4 is 0 Å². The summed E-state index contributed by atoms with van der Waals surface area (Å²) in [5, 5.41) is 28.2. The van der Waals surface area contributed by atoms with Gasteiger partial charge >= 0.3 is 6.18 Å². The van der Waals surface area contributed by atoms with Gasteiger partial charge in [-0.05, 0) is 11.1 Å². The Morgan fingerprint density at radius 1 is 0.906 bits per heavy atom. The predicted octanol–water partition coefficient (Wildman–Crippen LogP) is 5.95. The Bertz CT molecular complexity index is 1250. The quantitative estimate of drug-likeness (QED) is 0.562. The minimum Gasteiger partial charge on any atom is -0.465 e. The number of hydrogen-bond donors (Lipinski definition) is 0. The number of ether oxygens (including phenoxy) is 1. The highest BCUT2D eigenvalue weighted by atomic mass is 19.4. The Hall–Kier alpha value is -4.54. The third-order valence-electron chi connectivity index (χ3n) is 4.89. The highest BCUT2D eigenvalue weighted by Gasteiger charge is 2.65. The van der Waals surface area contributed by atoms with E-state index in [9.17, 15) is 29.0 Å². The van der Waals surface area contributed by atoms with Crippen molar-refractivity contribution in [2.75, 3.05) is 0 Å². The van der Waals surface area contributed by atoms with Crippen molar-refractivity contribution >= 4 is 12.2 Å². The van der Waals surface area contributed by atoms with Crippen LogP contribution in [0, 0.1) is 34.0 Å². The van der Waals surface area contributed by atoms with Crippen LogP contribution in [0.25, 0.3) is 12.2 Å². The summed E-state index contributed by atoms with van der Waals surface area (Å²) in [6.07, 6.45) is -0.837. The van der Waals surface area contributed by atoms with E-state index in [1.54, 1.807) is 42.5 Å². The molecule has 0 saturated heterocycles. The van der Waals surface area contributed by atoms with Gasteiger partial charge in [0.25, 0.3) is 5.60 Å². The van der Waals surface area contributed by atoms with Crippen LogP contribution in [-0.4, -0.2) is 6.18 Å². The van der Waals surface area contributed by atoms with E-state index < -0.39 is 34.3 Å². The van der Waals surface area contributed by atoms with Crippen LogP contribution >= 0.6 is 0 Å². The van der Waals surface area contributed by atoms with Gasteiger partial charge in [0.1, 0.15) is 23.8 Å². The predicted molar refractivity (Wildman–Crippen MR) is 112 cm³/mol. The van der Waals surface area contributed by atoms with Crippen LogP contribution in [0.1, 0.15) is 16.7 Å². The molecular weight excluding hydrogens is 415 g/mol. The molecule has 3 rings (SSSR count). The summed E-state index contributed by atoms with van der Waals surface area (Å²) < 4.78 is 49.2. The fourth-order valence-corrected chi connectivity index (χ4v) is 3.36. The highest BCUT2D eigenvalue weighted by Crippen LogP contribution is 2.55. The molecule has 4 nitrogen and oxygen atoms in total. The summed E-state index contributed by atoms with van der Waals surface area (Å²) in [5.74, 6) is -0.694. The van der Waals surface area contributed by atoms with Gasteiger partial charge in [0, 0.05) is 11.1 Å². The summed E-state index contributed by atoms with van der Waals surface area (Å²) >= 11 is 0. The van der Waals surface area contributed by atoms with Gasteiger partial charge < -0.3 is 4.74 Å². The zero-order valence-corrected chi connectivity index (χ0v) is 16.5. The van der Waals surface area contributed by atoms with Gasteiger partial charge in [-0.2, -0.15) is 29.0 Å². The Labute approximate surface area is 182 Å². The number of allylic oxidation sites excluding steroid dienone is 2. The monoisotopic (exact) mass is 429 g/mol. The molecule has 0 aliphatic carbocycles. The standard InChI is InChI=1S/C25H14F3N3O/c1-2-17-8-10-18(11-9-17)12-13-22-21(16-31)23(19(14-29)15-30)32-24(22,25(26,27)28)20-6-4-3-5-7-20/h2-13H,1H2. The van der Waals surface area contributed by atoms with E-state index in [1.807, 2.05) is 0 Å². The Balaban J connectivity index is 2.34. The largest absolute Gasteiger partial charge is 0.465 e. The number of hydrogen-bond acceptors (Lipinski definition) is 4. The number of nitrogens with zero attached hydrogens (tertiary/aromatic N) is 3. The Morgan fingerprint density at radius 3 is 2.00 bits per heavy atom. The lowest BCUT2D eigenvalue weighted by Gasteiger charge is -2.33. The van der Waals surface area contributed by atoms with Gasteiger partial charge in [0.2, 0.25) is 0 Å². The fraction of sp³-hybridized carbons (Fsp3) is 0.0800. The lowest BCUT2D eigenvalue weighted by atomic mass is 9.83. The molecule has 0 saturated carbocycles. The molecule has 0 fully saturated rings. The van der Waals surface area contributed by atoms with Crippen molar-refractivity contribution in [1.29, 1.82) is 15.8 Å². The first-order chi connectivity index (χ1) is 15.3. The van der Waals surface area contributed by atoms with Gasteiger partial charge in [0.05, 0.1) is 0 Å². The van der Waals surface area contributed by atoms with E-state index in [1.165, 1.54) is 42.5 Å². The molecule has 0 aromatic heterocycles. The molecule has 1 aliphatic heterocycles. The SMILES string of the molecule is C=Cc1ccc(C=CC2=C(C#N)C(=C(C#N)C#N)OC2(c2ccccc2)C(F)(F)F)cc1. The van der Waals surface area contributed by atoms with Crippen LogP contribution in [0.3, 0.4) is 0 Å². The van der Waals surface area contributed by atoms with E-state index in [2.05, 4.69) is 6.58 Å². The number of halogens is 3. The maximum absolute atomic E-state index is 14.6. The average molecular weight is 429 g/mol. The molecule has 1 heterocycles. The second-order valence-electron chi connectivity index (χ2n) is 6.68. The summed E-state index contributed by atoms with van der Waals surface area (Å²) in [4.78, 5) is 0. The van der Waals surface area contributed by atoms with Crippen molar-refractivity contribution in [2.45, 2.75) is 11.8 Å². The molecule has 0 N–H and O–H groups in total. The van der Waals surface area contributed by atoms with Crippen LogP contribution in [0.2, 0.25) is 0 Å². The maximum atomic E-state index is 14.6. The lowest BCUT2D eigenvalue weighted by molar-refractivity contribution is -0.249. The van der Waals surface area contributed by atoms with E-state index in [4.69, 9.17) is 4.74 Å². The van der Waals surface area contributed by atoms with E-state index >= 15 is 0 Å². The molecule has 0 radical (unpaired) electrons. The zero-order valence-electron chi connectivity index (χ0n) is 16.5. The Kier molecular flexibility index (Phi) is 6.01. The van der Waals surface area contributed by atoms with Gasteiger partial charge in [-0.1, -0.05) is 79.4 Å². The molecule has 1 unspecified atom stereocenters. The first kappa shape index (κ1) is 22.2. The van der Waals surface area contributed by atoms with Crippen molar-refractivity contribution in [1.82, 2.24) is 0 Å². The molecule has 0 amide bonds. The third-order valence-corrected chi connectivity index (χ3v) is 4.89. The molecule has 7 heteroatoms. The van der Waals surface area contributed by atoms with Crippen molar-refractivity contribution in [2.24, 2.45) is 0 Å².